The van der Waals surface area contributed by atoms with Crippen molar-refractivity contribution < 1.29 is 5.11 Å². The van der Waals surface area contributed by atoms with Crippen LogP contribution >= 0.6 is 11.6 Å². The zero-order valence-corrected chi connectivity index (χ0v) is 10.2. The van der Waals surface area contributed by atoms with Crippen LogP contribution in [0.1, 0.15) is 38.5 Å². The van der Waals surface area contributed by atoms with Gasteiger partial charge in [-0.05, 0) is 32.2 Å². The molecule has 1 aliphatic carbocycles. The Hall–Kier alpha value is 0.210. The summed E-state index contributed by atoms with van der Waals surface area (Å²) < 4.78 is 0. The van der Waals surface area contributed by atoms with Crippen molar-refractivity contribution >= 4 is 11.6 Å². The molecule has 0 aromatic rings. The minimum absolute atomic E-state index is 0.324. The van der Waals surface area contributed by atoms with Crippen molar-refractivity contribution in [1.82, 2.24) is 4.90 Å². The van der Waals surface area contributed by atoms with Gasteiger partial charge in [0, 0.05) is 24.9 Å². The number of piperidine rings is 1. The lowest BCUT2D eigenvalue weighted by Crippen LogP contribution is -2.53. The maximum Gasteiger partial charge on any atom is 0.0700 e. The Labute approximate surface area is 97.6 Å². The van der Waals surface area contributed by atoms with Crippen molar-refractivity contribution in [1.29, 1.82) is 0 Å². The number of hydrogen-bond donors (Lipinski definition) is 1. The van der Waals surface area contributed by atoms with Crippen LogP contribution in [0, 0.1) is 5.92 Å². The molecule has 15 heavy (non-hydrogen) atoms. The molecule has 0 bridgehead atoms. The molecule has 2 rings (SSSR count). The molecule has 0 aromatic heterocycles. The third-order valence-electron chi connectivity index (χ3n) is 4.12. The van der Waals surface area contributed by atoms with Crippen LogP contribution in [0.4, 0.5) is 0 Å². The third kappa shape index (κ3) is 2.66. The van der Waals surface area contributed by atoms with E-state index in [0.29, 0.717) is 5.92 Å². The van der Waals surface area contributed by atoms with E-state index in [2.05, 4.69) is 4.90 Å². The molecular weight excluding hydrogens is 210 g/mol. The fourth-order valence-corrected chi connectivity index (χ4v) is 3.25. The maximum atomic E-state index is 10.5. The quantitative estimate of drug-likeness (QED) is 0.754. The molecule has 3 heteroatoms. The highest BCUT2D eigenvalue weighted by atomic mass is 35.5. The average molecular weight is 232 g/mol. The average Bonchev–Trinajstić information content (AvgIpc) is 2.26. The van der Waals surface area contributed by atoms with Crippen LogP contribution in [0.5, 0.6) is 0 Å². The molecule has 2 nitrogen and oxygen atoms in total. The lowest BCUT2D eigenvalue weighted by Gasteiger charge is -2.47. The van der Waals surface area contributed by atoms with E-state index in [1.54, 1.807) is 0 Å². The minimum Gasteiger partial charge on any atom is -0.390 e. The van der Waals surface area contributed by atoms with Crippen LogP contribution in [0.2, 0.25) is 0 Å². The molecule has 0 aromatic carbocycles. The minimum atomic E-state index is -0.324. The summed E-state index contributed by atoms with van der Waals surface area (Å²) in [4.78, 5) is 2.48. The first-order chi connectivity index (χ1) is 7.24. The van der Waals surface area contributed by atoms with Crippen LogP contribution in [0.15, 0.2) is 0 Å². The van der Waals surface area contributed by atoms with Gasteiger partial charge >= 0.3 is 0 Å². The monoisotopic (exact) mass is 231 g/mol. The second kappa shape index (κ2) is 5.03. The van der Waals surface area contributed by atoms with Crippen molar-refractivity contribution in [3.05, 3.63) is 0 Å². The molecule has 2 fully saturated rings. The number of alkyl halides is 1. The first kappa shape index (κ1) is 11.7. The van der Waals surface area contributed by atoms with Crippen LogP contribution in [0.3, 0.4) is 0 Å². The summed E-state index contributed by atoms with van der Waals surface area (Å²) in [7, 11) is 0. The predicted octanol–water partition coefficient (Wildman–Crippen LogP) is 2.24. The fourth-order valence-electron chi connectivity index (χ4n) is 3.13. The van der Waals surface area contributed by atoms with E-state index in [0.717, 1.165) is 44.8 Å². The van der Waals surface area contributed by atoms with Gasteiger partial charge in [-0.2, -0.15) is 0 Å². The second-order valence-corrected chi connectivity index (χ2v) is 5.52. The van der Waals surface area contributed by atoms with Crippen molar-refractivity contribution in [2.45, 2.75) is 44.1 Å². The van der Waals surface area contributed by atoms with E-state index in [1.165, 1.54) is 19.3 Å². The molecule has 0 radical (unpaired) electrons. The Kier molecular flexibility index (Phi) is 3.92. The van der Waals surface area contributed by atoms with E-state index in [-0.39, 0.29) is 5.60 Å². The van der Waals surface area contributed by atoms with Crippen molar-refractivity contribution in [2.75, 3.05) is 25.5 Å². The molecule has 0 spiro atoms. The van der Waals surface area contributed by atoms with E-state index in [1.807, 2.05) is 0 Å². The van der Waals surface area contributed by atoms with Gasteiger partial charge in [-0.15, -0.1) is 11.6 Å². The maximum absolute atomic E-state index is 10.5. The summed E-state index contributed by atoms with van der Waals surface area (Å²) in [5.74, 6) is 1.28. The predicted molar refractivity (Wildman–Crippen MR) is 63.3 cm³/mol. The molecular formula is C12H22ClNO. The Bertz CT molecular complexity index is 212. The largest absolute Gasteiger partial charge is 0.390 e. The molecule has 1 saturated carbocycles. The smallest absolute Gasteiger partial charge is 0.0700 e. The van der Waals surface area contributed by atoms with Crippen LogP contribution in [-0.4, -0.2) is 41.1 Å². The van der Waals surface area contributed by atoms with E-state index < -0.39 is 0 Å². The molecule has 1 aliphatic heterocycles. The zero-order valence-electron chi connectivity index (χ0n) is 9.42. The molecule has 2 aliphatic rings. The molecule has 2 unspecified atom stereocenters. The van der Waals surface area contributed by atoms with Gasteiger partial charge in [0.1, 0.15) is 0 Å². The van der Waals surface area contributed by atoms with Gasteiger partial charge in [0.15, 0.2) is 0 Å². The summed E-state index contributed by atoms with van der Waals surface area (Å²) in [5.41, 5.74) is -0.324. The number of hydrogen-bond acceptors (Lipinski definition) is 2. The van der Waals surface area contributed by atoms with Gasteiger partial charge in [-0.25, -0.2) is 0 Å². The molecule has 1 saturated heterocycles. The Balaban J connectivity index is 1.87. The highest BCUT2D eigenvalue weighted by Crippen LogP contribution is 2.39. The summed E-state index contributed by atoms with van der Waals surface area (Å²) >= 11 is 5.71. The number of nitrogens with zero attached hydrogens (tertiary/aromatic N) is 1. The Morgan fingerprint density at radius 2 is 2.20 bits per heavy atom. The summed E-state index contributed by atoms with van der Waals surface area (Å²) in [6, 6.07) is 0. The van der Waals surface area contributed by atoms with Crippen LogP contribution in [0.25, 0.3) is 0 Å². The van der Waals surface area contributed by atoms with Gasteiger partial charge in [0.05, 0.1) is 5.60 Å². The summed E-state index contributed by atoms with van der Waals surface area (Å²) in [6.45, 7) is 3.26. The summed E-state index contributed by atoms with van der Waals surface area (Å²) in [6.07, 6.45) is 6.81. The Morgan fingerprint density at radius 3 is 3.00 bits per heavy atom. The first-order valence-corrected chi connectivity index (χ1v) is 6.79. The normalized spacial score (nSPS) is 37.6. The number of fused-ring (bicyclic) bond motifs is 1. The molecule has 0 amide bonds. The lowest BCUT2D eigenvalue weighted by atomic mass is 9.71. The van der Waals surface area contributed by atoms with Crippen LogP contribution < -0.4 is 0 Å². The standard InChI is InChI=1S/C12H22ClNO/c13-7-3-8-14-9-6-12(15)5-2-1-4-11(12)10-14/h11,15H,1-10H2. The number of halogens is 1. The molecule has 2 atom stereocenters. The third-order valence-corrected chi connectivity index (χ3v) is 4.39. The highest BCUT2D eigenvalue weighted by Gasteiger charge is 2.42. The zero-order chi connectivity index (χ0) is 10.7. The van der Waals surface area contributed by atoms with E-state index in [4.69, 9.17) is 11.6 Å². The van der Waals surface area contributed by atoms with Crippen LogP contribution in [-0.2, 0) is 0 Å². The van der Waals surface area contributed by atoms with Crippen molar-refractivity contribution in [3.8, 4) is 0 Å². The highest BCUT2D eigenvalue weighted by molar-refractivity contribution is 6.17. The lowest BCUT2D eigenvalue weighted by molar-refractivity contribution is -0.0951. The fraction of sp³-hybridized carbons (Fsp3) is 1.00. The number of likely N-dealkylation sites (tertiary alicyclic amines) is 1. The van der Waals surface area contributed by atoms with Crippen molar-refractivity contribution in [2.24, 2.45) is 5.92 Å². The molecule has 1 heterocycles. The number of rotatable bonds is 3. The number of aliphatic hydroxyl groups is 1. The first-order valence-electron chi connectivity index (χ1n) is 6.25. The van der Waals surface area contributed by atoms with Gasteiger partial charge < -0.3 is 10.0 Å². The summed E-state index contributed by atoms with van der Waals surface area (Å²) in [5, 5.41) is 10.5. The molecule has 1 N–H and O–H groups in total. The molecule has 88 valence electrons. The topological polar surface area (TPSA) is 23.5 Å². The van der Waals surface area contributed by atoms with Gasteiger partial charge in [-0.1, -0.05) is 12.8 Å². The van der Waals surface area contributed by atoms with Gasteiger partial charge in [-0.3, -0.25) is 0 Å². The van der Waals surface area contributed by atoms with E-state index >= 15 is 0 Å². The SMILES string of the molecule is OC12CCCCC1CN(CCCCl)CC2. The Morgan fingerprint density at radius 1 is 1.33 bits per heavy atom. The van der Waals surface area contributed by atoms with Gasteiger partial charge in [0.2, 0.25) is 0 Å². The second-order valence-electron chi connectivity index (χ2n) is 5.14. The van der Waals surface area contributed by atoms with E-state index in [9.17, 15) is 5.11 Å². The van der Waals surface area contributed by atoms with Gasteiger partial charge in [0.25, 0.3) is 0 Å². The van der Waals surface area contributed by atoms with Crippen molar-refractivity contribution in [3.63, 3.8) is 0 Å².